The van der Waals surface area contributed by atoms with E-state index in [1.165, 1.54) is 12.2 Å². The first-order valence-electron chi connectivity index (χ1n) is 11.1. The number of hydrogen-bond donors (Lipinski definition) is 1. The molecule has 1 saturated carbocycles. The molecule has 3 aliphatic rings. The summed E-state index contributed by atoms with van der Waals surface area (Å²) in [6.45, 7) is 10.2. The van der Waals surface area contributed by atoms with Crippen LogP contribution in [-0.4, -0.2) is 58.0 Å². The van der Waals surface area contributed by atoms with Gasteiger partial charge in [0.25, 0.3) is 0 Å². The standard InChI is InChI=1S/C23H31N4O5S/c1-15-12-16(32-24-15)14-27-20(28)18-13-17(33(30,31)25-23(5)8-9-23)6-7-19(18)26(21(27)29)11-10-22(2,3)4/h6-7,12-13,17,25H,8-11,14H2,1-5H3/q+1. The highest BCUT2D eigenvalue weighted by molar-refractivity contribution is 7.90. The first-order chi connectivity index (χ1) is 15.3. The third-order valence-corrected chi connectivity index (χ3v) is 7.89. The Bertz CT molecular complexity index is 1200. The Kier molecular flexibility index (Phi) is 5.73. The molecular formula is C23H31N4O5S+. The van der Waals surface area contributed by atoms with Gasteiger partial charge in [-0.25, -0.2) is 17.9 Å². The van der Waals surface area contributed by atoms with Crippen LogP contribution in [0.25, 0.3) is 0 Å². The first kappa shape index (κ1) is 23.6. The molecule has 10 heteroatoms. The van der Waals surface area contributed by atoms with E-state index >= 15 is 0 Å². The molecule has 2 heterocycles. The summed E-state index contributed by atoms with van der Waals surface area (Å²) in [6, 6.07) is 1.21. The normalized spacial score (nSPS) is 22.5. The van der Waals surface area contributed by atoms with E-state index in [9.17, 15) is 18.0 Å². The molecule has 3 amide bonds. The smallest absolute Gasteiger partial charge is 0.357 e. The Morgan fingerprint density at radius 2 is 2.00 bits per heavy atom. The Balaban J connectivity index is 1.71. The molecule has 1 aliphatic heterocycles. The fourth-order valence-corrected chi connectivity index (χ4v) is 5.45. The van der Waals surface area contributed by atoms with Crippen molar-refractivity contribution < 1.29 is 27.1 Å². The third kappa shape index (κ3) is 5.01. The Morgan fingerprint density at radius 3 is 2.58 bits per heavy atom. The number of nitrogens with one attached hydrogen (secondary N) is 1. The van der Waals surface area contributed by atoms with Crippen molar-refractivity contribution in [2.24, 2.45) is 5.41 Å². The quantitative estimate of drug-likeness (QED) is 0.607. The van der Waals surface area contributed by atoms with Gasteiger partial charge >= 0.3 is 11.9 Å². The van der Waals surface area contributed by atoms with Crippen molar-refractivity contribution in [3.63, 3.8) is 0 Å². The van der Waals surface area contributed by atoms with E-state index in [0.29, 0.717) is 30.1 Å². The van der Waals surface area contributed by atoms with Gasteiger partial charge in [-0.2, -0.15) is 9.37 Å². The van der Waals surface area contributed by atoms with Gasteiger partial charge in [-0.3, -0.25) is 0 Å². The van der Waals surface area contributed by atoms with Crippen molar-refractivity contribution in [3.8, 4) is 0 Å². The lowest BCUT2D eigenvalue weighted by Crippen LogP contribution is -2.52. The summed E-state index contributed by atoms with van der Waals surface area (Å²) >= 11 is 0. The molecule has 1 atom stereocenters. The largest absolute Gasteiger partial charge is 0.501 e. The van der Waals surface area contributed by atoms with E-state index in [0.717, 1.165) is 17.7 Å². The zero-order valence-electron chi connectivity index (χ0n) is 19.7. The summed E-state index contributed by atoms with van der Waals surface area (Å²) in [5.41, 5.74) is 0.829. The number of aryl methyl sites for hydroxylation is 1. The molecule has 178 valence electrons. The number of nitrogens with zero attached hydrogens (tertiary/aromatic N) is 3. The second-order valence-corrected chi connectivity index (χ2v) is 12.4. The van der Waals surface area contributed by atoms with Crippen LogP contribution in [0.15, 0.2) is 34.4 Å². The minimum absolute atomic E-state index is 0.0348. The van der Waals surface area contributed by atoms with Crippen molar-refractivity contribution in [1.82, 2.24) is 14.8 Å². The molecule has 0 aromatic carbocycles. The van der Waals surface area contributed by atoms with Crippen LogP contribution in [0.3, 0.4) is 0 Å². The van der Waals surface area contributed by atoms with Gasteiger partial charge in [-0.05, 0) is 50.7 Å². The lowest BCUT2D eigenvalue weighted by molar-refractivity contribution is -0.439. The molecule has 0 saturated heterocycles. The average molecular weight is 476 g/mol. The van der Waals surface area contributed by atoms with Gasteiger partial charge in [0, 0.05) is 11.6 Å². The van der Waals surface area contributed by atoms with Crippen molar-refractivity contribution in [1.29, 1.82) is 0 Å². The monoisotopic (exact) mass is 475 g/mol. The Hall–Kier alpha value is -2.59. The van der Waals surface area contributed by atoms with Gasteiger partial charge in [0.15, 0.2) is 12.3 Å². The van der Waals surface area contributed by atoms with Crippen LogP contribution < -0.4 is 4.72 Å². The predicted octanol–water partition coefficient (Wildman–Crippen LogP) is 2.67. The maximum atomic E-state index is 13.4. The summed E-state index contributed by atoms with van der Waals surface area (Å²) in [4.78, 5) is 27.8. The minimum Gasteiger partial charge on any atom is -0.357 e. The highest BCUT2D eigenvalue weighted by atomic mass is 32.2. The van der Waals surface area contributed by atoms with Crippen molar-refractivity contribution in [3.05, 3.63) is 41.3 Å². The SMILES string of the molecule is Cc1cc(CN2C(=O)C3=CC(S(=O)(=O)NC4(C)CC4)C=CC3=[N+](CCC(C)(C)C)C2=O)on1. The van der Waals surface area contributed by atoms with Crippen LogP contribution in [0.2, 0.25) is 0 Å². The number of hydrogen-bond acceptors (Lipinski definition) is 6. The van der Waals surface area contributed by atoms with Crippen LogP contribution in [0.5, 0.6) is 0 Å². The molecule has 1 fully saturated rings. The number of imide groups is 1. The zero-order valence-corrected chi connectivity index (χ0v) is 20.5. The number of urea groups is 1. The average Bonchev–Trinajstić information content (AvgIpc) is 3.27. The van der Waals surface area contributed by atoms with Crippen LogP contribution >= 0.6 is 0 Å². The maximum absolute atomic E-state index is 13.4. The van der Waals surface area contributed by atoms with Gasteiger partial charge in [0.1, 0.15) is 16.5 Å². The highest BCUT2D eigenvalue weighted by Gasteiger charge is 2.48. The number of aromatic nitrogens is 1. The molecule has 0 radical (unpaired) electrons. The van der Waals surface area contributed by atoms with E-state index in [2.05, 4.69) is 30.6 Å². The van der Waals surface area contributed by atoms with Gasteiger partial charge in [0.2, 0.25) is 10.0 Å². The first-order valence-corrected chi connectivity index (χ1v) is 12.7. The molecule has 9 nitrogen and oxygen atoms in total. The number of fused-ring (bicyclic) bond motifs is 1. The number of carbonyl (C=O) groups is 2. The molecule has 1 aromatic rings. The van der Waals surface area contributed by atoms with E-state index in [1.54, 1.807) is 23.6 Å². The van der Waals surface area contributed by atoms with Gasteiger partial charge in [-0.1, -0.05) is 32.0 Å². The molecule has 4 rings (SSSR count). The van der Waals surface area contributed by atoms with Gasteiger partial charge in [-0.15, -0.1) is 4.90 Å². The fourth-order valence-electron chi connectivity index (χ4n) is 3.82. The number of rotatable bonds is 7. The molecule has 1 N–H and O–H groups in total. The second-order valence-electron chi connectivity index (χ2n) is 10.6. The van der Waals surface area contributed by atoms with Crippen LogP contribution in [0.4, 0.5) is 4.79 Å². The summed E-state index contributed by atoms with van der Waals surface area (Å²) in [7, 11) is -3.72. The number of carbonyl (C=O) groups excluding carboxylic acids is 2. The molecular weight excluding hydrogens is 444 g/mol. The number of sulfonamides is 1. The minimum atomic E-state index is -3.72. The maximum Gasteiger partial charge on any atom is 0.501 e. The van der Waals surface area contributed by atoms with Crippen LogP contribution in [0, 0.1) is 12.3 Å². The molecule has 0 spiro atoms. The lowest BCUT2D eigenvalue weighted by Gasteiger charge is -2.27. The molecule has 0 bridgehead atoms. The molecule has 1 aromatic heterocycles. The van der Waals surface area contributed by atoms with Crippen molar-refractivity contribution >= 4 is 27.7 Å². The highest BCUT2D eigenvalue weighted by Crippen LogP contribution is 2.36. The van der Waals surface area contributed by atoms with Crippen molar-refractivity contribution in [2.75, 3.05) is 6.54 Å². The topological polar surface area (TPSA) is 113 Å². The summed E-state index contributed by atoms with van der Waals surface area (Å²) in [5, 5.41) is 2.83. The van der Waals surface area contributed by atoms with Crippen LogP contribution in [0.1, 0.15) is 58.4 Å². The zero-order chi connectivity index (χ0) is 24.2. The third-order valence-electron chi connectivity index (χ3n) is 6.10. The Morgan fingerprint density at radius 1 is 1.30 bits per heavy atom. The van der Waals surface area contributed by atoms with Gasteiger partial charge < -0.3 is 4.52 Å². The lowest BCUT2D eigenvalue weighted by atomic mass is 9.91. The van der Waals surface area contributed by atoms with Crippen molar-refractivity contribution in [2.45, 2.75) is 71.2 Å². The van der Waals surface area contributed by atoms with E-state index < -0.39 is 32.8 Å². The summed E-state index contributed by atoms with van der Waals surface area (Å²) < 4.78 is 35.4. The molecule has 2 aliphatic carbocycles. The summed E-state index contributed by atoms with van der Waals surface area (Å²) in [5.74, 6) is -0.161. The number of amides is 3. The fraction of sp³-hybridized carbons (Fsp3) is 0.565. The summed E-state index contributed by atoms with van der Waals surface area (Å²) in [6.07, 6.45) is 6.84. The van der Waals surface area contributed by atoms with Crippen LogP contribution in [-0.2, 0) is 21.4 Å². The van der Waals surface area contributed by atoms with E-state index in [1.807, 2.05) is 6.92 Å². The molecule has 1 unspecified atom stereocenters. The predicted molar refractivity (Wildman–Crippen MR) is 122 cm³/mol. The Labute approximate surface area is 194 Å². The van der Waals surface area contributed by atoms with Gasteiger partial charge in [0.05, 0.1) is 12.2 Å². The van der Waals surface area contributed by atoms with E-state index in [4.69, 9.17) is 4.52 Å². The number of allylic oxidation sites excluding steroid dienone is 1. The molecule has 33 heavy (non-hydrogen) atoms. The second kappa shape index (κ2) is 8.02. The van der Waals surface area contributed by atoms with E-state index in [-0.39, 0.29) is 17.5 Å².